The summed E-state index contributed by atoms with van der Waals surface area (Å²) >= 11 is 1.22. The van der Waals surface area contributed by atoms with E-state index in [1.165, 1.54) is 11.8 Å². The molecule has 0 heterocycles. The standard InChI is InChI=1S/C6H12N2O3S/c7-4(6(8)11)1-2-12-3-5(9)10/h4H,1-3,7H2,(H2,8,11)(H,9,10)/t4-/m1/s1. The largest absolute Gasteiger partial charge is 0.481 e. The van der Waals surface area contributed by atoms with Crippen LogP contribution in [0.25, 0.3) is 0 Å². The van der Waals surface area contributed by atoms with E-state index >= 15 is 0 Å². The molecule has 0 aromatic rings. The highest BCUT2D eigenvalue weighted by molar-refractivity contribution is 7.99. The van der Waals surface area contributed by atoms with Crippen molar-refractivity contribution >= 4 is 23.6 Å². The van der Waals surface area contributed by atoms with Crippen LogP contribution >= 0.6 is 11.8 Å². The SMILES string of the molecule is NC(=O)[C@H](N)CCSCC(=O)O. The van der Waals surface area contributed by atoms with Crippen molar-refractivity contribution in [2.75, 3.05) is 11.5 Å². The number of nitrogens with two attached hydrogens (primary N) is 2. The van der Waals surface area contributed by atoms with Crippen LogP contribution in [0, 0.1) is 0 Å². The van der Waals surface area contributed by atoms with Gasteiger partial charge in [-0.25, -0.2) is 0 Å². The predicted octanol–water partition coefficient (Wildman–Crippen LogP) is -0.993. The second-order valence-electron chi connectivity index (χ2n) is 2.24. The van der Waals surface area contributed by atoms with Gasteiger partial charge in [-0.3, -0.25) is 9.59 Å². The summed E-state index contributed by atoms with van der Waals surface area (Å²) < 4.78 is 0. The van der Waals surface area contributed by atoms with E-state index in [-0.39, 0.29) is 5.75 Å². The van der Waals surface area contributed by atoms with Gasteiger partial charge in [0.15, 0.2) is 0 Å². The van der Waals surface area contributed by atoms with Gasteiger partial charge in [-0.1, -0.05) is 0 Å². The summed E-state index contributed by atoms with van der Waals surface area (Å²) in [6.07, 6.45) is 0.424. The Morgan fingerprint density at radius 1 is 1.50 bits per heavy atom. The molecule has 12 heavy (non-hydrogen) atoms. The van der Waals surface area contributed by atoms with Crippen LogP contribution in [0.5, 0.6) is 0 Å². The summed E-state index contributed by atoms with van der Waals surface area (Å²) in [5.41, 5.74) is 10.2. The number of aliphatic carboxylic acids is 1. The molecule has 0 unspecified atom stereocenters. The van der Waals surface area contributed by atoms with Crippen molar-refractivity contribution < 1.29 is 14.7 Å². The van der Waals surface area contributed by atoms with Crippen molar-refractivity contribution in [1.82, 2.24) is 0 Å². The lowest BCUT2D eigenvalue weighted by Crippen LogP contribution is -2.36. The fraction of sp³-hybridized carbons (Fsp3) is 0.667. The summed E-state index contributed by atoms with van der Waals surface area (Å²) in [7, 11) is 0. The van der Waals surface area contributed by atoms with Gasteiger partial charge in [0.2, 0.25) is 5.91 Å². The number of carbonyl (C=O) groups excluding carboxylic acids is 1. The van der Waals surface area contributed by atoms with Crippen LogP contribution in [-0.4, -0.2) is 34.5 Å². The molecule has 0 saturated carbocycles. The lowest BCUT2D eigenvalue weighted by Gasteiger charge is -2.04. The molecule has 0 radical (unpaired) electrons. The van der Waals surface area contributed by atoms with E-state index in [2.05, 4.69) is 0 Å². The van der Waals surface area contributed by atoms with Gasteiger partial charge in [0.1, 0.15) is 0 Å². The molecule has 0 bridgehead atoms. The number of amides is 1. The van der Waals surface area contributed by atoms with Crippen LogP contribution in [0.2, 0.25) is 0 Å². The first-order valence-electron chi connectivity index (χ1n) is 3.38. The molecule has 0 aromatic carbocycles. The van der Waals surface area contributed by atoms with Gasteiger partial charge in [-0.05, 0) is 12.2 Å². The summed E-state index contributed by atoms with van der Waals surface area (Å²) in [5, 5.41) is 8.24. The van der Waals surface area contributed by atoms with Gasteiger partial charge < -0.3 is 16.6 Å². The molecule has 0 aliphatic heterocycles. The van der Waals surface area contributed by atoms with Gasteiger partial charge in [0, 0.05) is 0 Å². The highest BCUT2D eigenvalue weighted by Crippen LogP contribution is 2.03. The molecule has 0 aliphatic rings. The maximum absolute atomic E-state index is 10.4. The quantitative estimate of drug-likeness (QED) is 0.468. The van der Waals surface area contributed by atoms with Crippen LogP contribution in [0.1, 0.15) is 6.42 Å². The Morgan fingerprint density at radius 2 is 2.08 bits per heavy atom. The van der Waals surface area contributed by atoms with Gasteiger partial charge in [0.25, 0.3) is 0 Å². The second kappa shape index (κ2) is 5.84. The molecular formula is C6H12N2O3S. The molecule has 0 saturated heterocycles. The van der Waals surface area contributed by atoms with E-state index in [0.29, 0.717) is 12.2 Å². The fourth-order valence-electron chi connectivity index (χ4n) is 0.512. The Hall–Kier alpha value is -0.750. The average molecular weight is 192 g/mol. The van der Waals surface area contributed by atoms with Gasteiger partial charge in [-0.2, -0.15) is 11.8 Å². The molecule has 5 N–H and O–H groups in total. The van der Waals surface area contributed by atoms with Crippen molar-refractivity contribution in [3.63, 3.8) is 0 Å². The molecule has 0 spiro atoms. The lowest BCUT2D eigenvalue weighted by molar-refractivity contribution is -0.133. The van der Waals surface area contributed by atoms with E-state index in [4.69, 9.17) is 16.6 Å². The first-order chi connectivity index (χ1) is 5.54. The highest BCUT2D eigenvalue weighted by atomic mass is 32.2. The number of hydrogen-bond donors (Lipinski definition) is 3. The Bertz CT molecular complexity index is 174. The number of carbonyl (C=O) groups is 2. The monoisotopic (exact) mass is 192 g/mol. The van der Waals surface area contributed by atoms with Crippen LogP contribution in [-0.2, 0) is 9.59 Å². The van der Waals surface area contributed by atoms with E-state index in [1.807, 2.05) is 0 Å². The number of carboxylic acid groups (broad SMARTS) is 1. The minimum Gasteiger partial charge on any atom is -0.481 e. The average Bonchev–Trinajstić information content (AvgIpc) is 1.97. The minimum absolute atomic E-state index is 0.0332. The van der Waals surface area contributed by atoms with Gasteiger partial charge >= 0.3 is 5.97 Å². The van der Waals surface area contributed by atoms with E-state index in [9.17, 15) is 9.59 Å². The molecule has 70 valence electrons. The molecule has 0 rings (SSSR count). The van der Waals surface area contributed by atoms with Gasteiger partial charge in [-0.15, -0.1) is 0 Å². The zero-order chi connectivity index (χ0) is 9.56. The van der Waals surface area contributed by atoms with Crippen molar-refractivity contribution in [3.05, 3.63) is 0 Å². The molecular weight excluding hydrogens is 180 g/mol. The summed E-state index contributed by atoms with van der Waals surface area (Å²) in [6, 6.07) is -0.661. The Kier molecular flexibility index (Phi) is 5.48. The van der Waals surface area contributed by atoms with Crippen LogP contribution in [0.15, 0.2) is 0 Å². The van der Waals surface area contributed by atoms with Crippen molar-refractivity contribution in [3.8, 4) is 0 Å². The smallest absolute Gasteiger partial charge is 0.313 e. The van der Waals surface area contributed by atoms with Crippen molar-refractivity contribution in [1.29, 1.82) is 0 Å². The number of thioether (sulfide) groups is 1. The molecule has 0 fully saturated rings. The zero-order valence-corrected chi connectivity index (χ0v) is 7.34. The van der Waals surface area contributed by atoms with E-state index in [1.54, 1.807) is 0 Å². The molecule has 1 atom stereocenters. The second-order valence-corrected chi connectivity index (χ2v) is 3.35. The molecule has 6 heteroatoms. The first kappa shape index (κ1) is 11.2. The maximum atomic E-state index is 10.4. The normalized spacial score (nSPS) is 12.4. The van der Waals surface area contributed by atoms with E-state index < -0.39 is 17.9 Å². The summed E-state index contributed by atoms with van der Waals surface area (Å²) in [6.45, 7) is 0. The Labute approximate surface area is 74.5 Å². The van der Waals surface area contributed by atoms with Crippen LogP contribution in [0.3, 0.4) is 0 Å². The number of carboxylic acids is 1. The van der Waals surface area contributed by atoms with Crippen LogP contribution in [0.4, 0.5) is 0 Å². The minimum atomic E-state index is -0.868. The highest BCUT2D eigenvalue weighted by Gasteiger charge is 2.08. The van der Waals surface area contributed by atoms with Crippen molar-refractivity contribution in [2.24, 2.45) is 11.5 Å². The number of rotatable bonds is 6. The predicted molar refractivity (Wildman–Crippen MR) is 46.7 cm³/mol. The summed E-state index contributed by atoms with van der Waals surface area (Å²) in [4.78, 5) is 20.4. The zero-order valence-electron chi connectivity index (χ0n) is 6.53. The third-order valence-electron chi connectivity index (χ3n) is 1.16. The fourth-order valence-corrected chi connectivity index (χ4v) is 1.25. The molecule has 1 amide bonds. The number of primary amides is 1. The lowest BCUT2D eigenvalue weighted by atomic mass is 10.2. The third-order valence-corrected chi connectivity index (χ3v) is 2.14. The number of hydrogen-bond acceptors (Lipinski definition) is 4. The molecule has 0 aromatic heterocycles. The molecule has 0 aliphatic carbocycles. The Morgan fingerprint density at radius 3 is 2.50 bits per heavy atom. The topological polar surface area (TPSA) is 106 Å². The molecule has 5 nitrogen and oxygen atoms in total. The maximum Gasteiger partial charge on any atom is 0.313 e. The third kappa shape index (κ3) is 5.99. The first-order valence-corrected chi connectivity index (χ1v) is 4.54. The summed E-state index contributed by atoms with van der Waals surface area (Å²) in [5.74, 6) is -0.847. The van der Waals surface area contributed by atoms with Crippen molar-refractivity contribution in [2.45, 2.75) is 12.5 Å². The Balaban J connectivity index is 3.31. The van der Waals surface area contributed by atoms with Crippen LogP contribution < -0.4 is 11.5 Å². The van der Waals surface area contributed by atoms with Gasteiger partial charge in [0.05, 0.1) is 11.8 Å². The van der Waals surface area contributed by atoms with E-state index in [0.717, 1.165) is 0 Å².